The van der Waals surface area contributed by atoms with Crippen molar-refractivity contribution >= 4 is 23.6 Å². The molecule has 0 aliphatic heterocycles. The molecule has 1 aromatic carbocycles. The summed E-state index contributed by atoms with van der Waals surface area (Å²) in [6.45, 7) is 3.96. The molecule has 2 aromatic rings. The summed E-state index contributed by atoms with van der Waals surface area (Å²) in [5.74, 6) is -0.166. The molecule has 3 rings (SSSR count). The molecule has 1 aliphatic carbocycles. The normalized spacial score (nSPS) is 16.4. The molecule has 1 amide bonds. The summed E-state index contributed by atoms with van der Waals surface area (Å²) in [5, 5.41) is 3.58. The SMILES string of the molecule is CC/C=C\c1c(C)ncc(C(=O)NC2CCc3ccccc32)c1Cl. The fraction of sp³-hybridized carbons (Fsp3) is 0.300. The first-order valence-corrected chi connectivity index (χ1v) is 8.70. The van der Waals surface area contributed by atoms with Crippen molar-refractivity contribution in [1.82, 2.24) is 10.3 Å². The number of benzene rings is 1. The van der Waals surface area contributed by atoms with Crippen molar-refractivity contribution < 1.29 is 4.79 Å². The van der Waals surface area contributed by atoms with E-state index >= 15 is 0 Å². The maximum absolute atomic E-state index is 12.7. The fourth-order valence-electron chi connectivity index (χ4n) is 3.12. The number of hydrogen-bond donors (Lipinski definition) is 1. The minimum absolute atomic E-state index is 0.0423. The van der Waals surface area contributed by atoms with Gasteiger partial charge in [-0.2, -0.15) is 0 Å². The van der Waals surface area contributed by atoms with Crippen LogP contribution < -0.4 is 5.32 Å². The monoisotopic (exact) mass is 340 g/mol. The van der Waals surface area contributed by atoms with Gasteiger partial charge in [0.2, 0.25) is 0 Å². The quantitative estimate of drug-likeness (QED) is 0.861. The summed E-state index contributed by atoms with van der Waals surface area (Å²) < 4.78 is 0. The molecule has 1 atom stereocenters. The van der Waals surface area contributed by atoms with Crippen LogP contribution in [-0.2, 0) is 6.42 Å². The van der Waals surface area contributed by atoms with Crippen LogP contribution in [0.5, 0.6) is 0 Å². The molecule has 1 aromatic heterocycles. The highest BCUT2D eigenvalue weighted by Gasteiger charge is 2.25. The summed E-state index contributed by atoms with van der Waals surface area (Å²) >= 11 is 6.48. The largest absolute Gasteiger partial charge is 0.345 e. The number of aromatic nitrogens is 1. The molecule has 0 fully saturated rings. The van der Waals surface area contributed by atoms with Gasteiger partial charge in [-0.1, -0.05) is 54.9 Å². The summed E-state index contributed by atoms with van der Waals surface area (Å²) in [4.78, 5) is 17.0. The number of halogens is 1. The number of allylic oxidation sites excluding steroid dienone is 1. The van der Waals surface area contributed by atoms with Gasteiger partial charge in [-0.15, -0.1) is 0 Å². The first-order valence-electron chi connectivity index (χ1n) is 8.32. The van der Waals surface area contributed by atoms with Crippen molar-refractivity contribution in [2.75, 3.05) is 0 Å². The van der Waals surface area contributed by atoms with Crippen molar-refractivity contribution in [2.45, 2.75) is 39.2 Å². The number of fused-ring (bicyclic) bond motifs is 1. The Morgan fingerprint density at radius 2 is 2.21 bits per heavy atom. The smallest absolute Gasteiger partial charge is 0.254 e. The van der Waals surface area contributed by atoms with Gasteiger partial charge in [0.1, 0.15) is 0 Å². The first-order chi connectivity index (χ1) is 11.6. The number of nitrogens with one attached hydrogen (secondary N) is 1. The Morgan fingerprint density at radius 1 is 1.42 bits per heavy atom. The molecule has 0 spiro atoms. The zero-order valence-corrected chi connectivity index (χ0v) is 14.7. The Labute approximate surface area is 147 Å². The topological polar surface area (TPSA) is 42.0 Å². The lowest BCUT2D eigenvalue weighted by Gasteiger charge is -2.15. The van der Waals surface area contributed by atoms with Crippen molar-refractivity contribution in [2.24, 2.45) is 0 Å². The summed E-state index contributed by atoms with van der Waals surface area (Å²) in [7, 11) is 0. The van der Waals surface area contributed by atoms with Gasteiger partial charge in [-0.25, -0.2) is 0 Å². The van der Waals surface area contributed by atoms with Crippen LogP contribution in [0.3, 0.4) is 0 Å². The number of hydrogen-bond acceptors (Lipinski definition) is 2. The van der Waals surface area contributed by atoms with E-state index in [1.54, 1.807) is 6.20 Å². The van der Waals surface area contributed by atoms with Crippen LogP contribution in [0.2, 0.25) is 5.02 Å². The van der Waals surface area contributed by atoms with E-state index in [-0.39, 0.29) is 11.9 Å². The number of carbonyl (C=O) groups excluding carboxylic acids is 1. The van der Waals surface area contributed by atoms with Gasteiger partial charge in [0.15, 0.2) is 0 Å². The molecule has 4 heteroatoms. The average Bonchev–Trinajstić information content (AvgIpc) is 2.98. The van der Waals surface area contributed by atoms with Gasteiger partial charge in [-0.3, -0.25) is 9.78 Å². The molecule has 1 heterocycles. The molecule has 0 bridgehead atoms. The van der Waals surface area contributed by atoms with E-state index in [1.807, 2.05) is 31.2 Å². The highest BCUT2D eigenvalue weighted by Crippen LogP contribution is 2.32. The van der Waals surface area contributed by atoms with Gasteiger partial charge in [0.05, 0.1) is 16.6 Å². The number of aryl methyl sites for hydroxylation is 2. The number of rotatable bonds is 4. The maximum Gasteiger partial charge on any atom is 0.254 e. The molecular formula is C20H21ClN2O. The number of nitrogens with zero attached hydrogens (tertiary/aromatic N) is 1. The molecule has 0 saturated heterocycles. The van der Waals surface area contributed by atoms with Crippen LogP contribution in [0.15, 0.2) is 36.5 Å². The van der Waals surface area contributed by atoms with E-state index in [0.29, 0.717) is 10.6 Å². The van der Waals surface area contributed by atoms with E-state index in [9.17, 15) is 4.79 Å². The summed E-state index contributed by atoms with van der Waals surface area (Å²) in [6.07, 6.45) is 8.34. The molecular weight excluding hydrogens is 320 g/mol. The minimum Gasteiger partial charge on any atom is -0.345 e. The van der Waals surface area contributed by atoms with Crippen LogP contribution in [0.4, 0.5) is 0 Å². The van der Waals surface area contributed by atoms with E-state index in [1.165, 1.54) is 11.1 Å². The molecule has 24 heavy (non-hydrogen) atoms. The van der Waals surface area contributed by atoms with Gasteiger partial charge in [0, 0.05) is 17.5 Å². The van der Waals surface area contributed by atoms with E-state index in [2.05, 4.69) is 29.4 Å². The lowest BCUT2D eigenvalue weighted by Crippen LogP contribution is -2.27. The minimum atomic E-state index is -0.166. The third-order valence-corrected chi connectivity index (χ3v) is 4.86. The molecule has 3 nitrogen and oxygen atoms in total. The molecule has 1 aliphatic rings. The highest BCUT2D eigenvalue weighted by molar-refractivity contribution is 6.35. The van der Waals surface area contributed by atoms with Crippen LogP contribution in [0.1, 0.15) is 58.5 Å². The Bertz CT molecular complexity index is 798. The van der Waals surface area contributed by atoms with Crippen molar-refractivity contribution in [3.05, 3.63) is 69.5 Å². The fourth-order valence-corrected chi connectivity index (χ4v) is 3.46. The molecule has 1 unspecified atom stereocenters. The Morgan fingerprint density at radius 3 is 3.00 bits per heavy atom. The summed E-state index contributed by atoms with van der Waals surface area (Å²) in [6, 6.07) is 8.29. The van der Waals surface area contributed by atoms with Crippen LogP contribution in [0, 0.1) is 6.92 Å². The molecule has 0 saturated carbocycles. The van der Waals surface area contributed by atoms with Crippen LogP contribution in [-0.4, -0.2) is 10.9 Å². The van der Waals surface area contributed by atoms with E-state index in [0.717, 1.165) is 30.5 Å². The predicted molar refractivity (Wildman–Crippen MR) is 98.3 cm³/mol. The number of amides is 1. The molecule has 1 N–H and O–H groups in total. The maximum atomic E-state index is 12.7. The number of carbonyl (C=O) groups is 1. The second-order valence-electron chi connectivity index (χ2n) is 6.06. The number of pyridine rings is 1. The third-order valence-electron chi connectivity index (χ3n) is 4.45. The van der Waals surface area contributed by atoms with Crippen molar-refractivity contribution in [1.29, 1.82) is 0 Å². The zero-order chi connectivity index (χ0) is 17.1. The van der Waals surface area contributed by atoms with Gasteiger partial charge >= 0.3 is 0 Å². The average molecular weight is 341 g/mol. The van der Waals surface area contributed by atoms with E-state index < -0.39 is 0 Å². The second kappa shape index (κ2) is 7.18. The highest BCUT2D eigenvalue weighted by atomic mass is 35.5. The van der Waals surface area contributed by atoms with Crippen molar-refractivity contribution in [3.63, 3.8) is 0 Å². The molecule has 0 radical (unpaired) electrons. The van der Waals surface area contributed by atoms with Crippen LogP contribution >= 0.6 is 11.6 Å². The third kappa shape index (κ3) is 3.22. The van der Waals surface area contributed by atoms with Gasteiger partial charge < -0.3 is 5.32 Å². The Hall–Kier alpha value is -2.13. The van der Waals surface area contributed by atoms with Crippen LogP contribution in [0.25, 0.3) is 6.08 Å². The lowest BCUT2D eigenvalue weighted by molar-refractivity contribution is 0.0936. The Kier molecular flexibility index (Phi) is 5.00. The zero-order valence-electron chi connectivity index (χ0n) is 14.0. The van der Waals surface area contributed by atoms with Gasteiger partial charge in [0.25, 0.3) is 5.91 Å². The van der Waals surface area contributed by atoms with Crippen molar-refractivity contribution in [3.8, 4) is 0 Å². The standard InChI is InChI=1S/C20H21ClN2O/c1-3-4-8-15-13(2)22-12-17(19(15)21)20(24)23-18-11-10-14-7-5-6-9-16(14)18/h4-9,12,18H,3,10-11H2,1-2H3,(H,23,24)/b8-4-. The lowest BCUT2D eigenvalue weighted by atomic mass is 10.1. The second-order valence-corrected chi connectivity index (χ2v) is 6.44. The predicted octanol–water partition coefficient (Wildman–Crippen LogP) is 4.88. The van der Waals surface area contributed by atoms with E-state index in [4.69, 9.17) is 11.6 Å². The molecule has 124 valence electrons. The van der Waals surface area contributed by atoms with Gasteiger partial charge in [-0.05, 0) is 37.3 Å². The summed E-state index contributed by atoms with van der Waals surface area (Å²) in [5.41, 5.74) is 4.59. The first kappa shape index (κ1) is 16.7. The Balaban J connectivity index is 1.85.